The number of aromatic nitrogens is 3. The van der Waals surface area contributed by atoms with Crippen molar-refractivity contribution >= 4 is 17.3 Å². The van der Waals surface area contributed by atoms with E-state index in [9.17, 15) is 0 Å². The van der Waals surface area contributed by atoms with Gasteiger partial charge in [-0.1, -0.05) is 0 Å². The van der Waals surface area contributed by atoms with Gasteiger partial charge in [-0.05, 0) is 20.8 Å². The molecule has 0 aromatic carbocycles. The average Bonchev–Trinajstić information content (AvgIpc) is 2.83. The molecular formula is C11H16N4S. The van der Waals surface area contributed by atoms with Crippen LogP contribution in [0.15, 0.2) is 17.1 Å². The van der Waals surface area contributed by atoms with Crippen LogP contribution < -0.4 is 5.32 Å². The van der Waals surface area contributed by atoms with Crippen LogP contribution in [0.4, 0.5) is 5.95 Å². The van der Waals surface area contributed by atoms with Crippen LogP contribution in [0.2, 0.25) is 0 Å². The third kappa shape index (κ3) is 2.41. The second kappa shape index (κ2) is 4.65. The summed E-state index contributed by atoms with van der Waals surface area (Å²) >= 11 is 1.61. The fourth-order valence-electron chi connectivity index (χ4n) is 1.53. The Balaban J connectivity index is 2.09. The van der Waals surface area contributed by atoms with E-state index in [1.54, 1.807) is 11.3 Å². The molecule has 0 amide bonds. The predicted molar refractivity (Wildman–Crippen MR) is 66.8 cm³/mol. The van der Waals surface area contributed by atoms with Crippen LogP contribution >= 0.6 is 11.3 Å². The number of aryl methyl sites for hydroxylation is 1. The number of nitrogens with zero attached hydrogens (tertiary/aromatic N) is 3. The van der Waals surface area contributed by atoms with Gasteiger partial charge >= 0.3 is 0 Å². The van der Waals surface area contributed by atoms with Gasteiger partial charge in [-0.15, -0.1) is 11.3 Å². The molecule has 0 atom stereocenters. The van der Waals surface area contributed by atoms with Crippen molar-refractivity contribution in [2.45, 2.75) is 33.4 Å². The smallest absolute Gasteiger partial charge is 0.203 e. The van der Waals surface area contributed by atoms with Crippen molar-refractivity contribution in [2.24, 2.45) is 0 Å². The van der Waals surface area contributed by atoms with Crippen LogP contribution in [0, 0.1) is 6.92 Å². The lowest BCUT2D eigenvalue weighted by molar-refractivity contribution is 0.604. The van der Waals surface area contributed by atoms with Crippen molar-refractivity contribution in [3.8, 4) is 0 Å². The topological polar surface area (TPSA) is 42.7 Å². The highest BCUT2D eigenvalue weighted by Crippen LogP contribution is 2.16. The Kier molecular flexibility index (Phi) is 3.24. The second-order valence-corrected chi connectivity index (χ2v) is 4.76. The Morgan fingerprint density at radius 3 is 2.94 bits per heavy atom. The van der Waals surface area contributed by atoms with E-state index in [1.807, 2.05) is 17.8 Å². The summed E-state index contributed by atoms with van der Waals surface area (Å²) in [6, 6.07) is 0.416. The van der Waals surface area contributed by atoms with Crippen molar-refractivity contribution < 1.29 is 0 Å². The maximum absolute atomic E-state index is 4.46. The zero-order valence-electron chi connectivity index (χ0n) is 9.77. The van der Waals surface area contributed by atoms with Crippen LogP contribution in [-0.4, -0.2) is 14.5 Å². The Labute approximate surface area is 99.4 Å². The highest BCUT2D eigenvalue weighted by Gasteiger charge is 2.08. The van der Waals surface area contributed by atoms with E-state index >= 15 is 0 Å². The molecule has 16 heavy (non-hydrogen) atoms. The molecular weight excluding hydrogens is 220 g/mol. The van der Waals surface area contributed by atoms with Crippen LogP contribution in [0.1, 0.15) is 31.3 Å². The maximum Gasteiger partial charge on any atom is 0.203 e. The zero-order valence-corrected chi connectivity index (χ0v) is 10.6. The first kappa shape index (κ1) is 11.1. The minimum Gasteiger partial charge on any atom is -0.350 e. The molecule has 5 heteroatoms. The number of hydrogen-bond donors (Lipinski definition) is 1. The SMILES string of the molecule is Cc1cn(C(C)C)c(NCc2cscn2)n1. The molecule has 0 saturated heterocycles. The fourth-order valence-corrected chi connectivity index (χ4v) is 2.09. The van der Waals surface area contributed by atoms with Crippen molar-refractivity contribution in [3.05, 3.63) is 28.5 Å². The molecule has 86 valence electrons. The van der Waals surface area contributed by atoms with Crippen LogP contribution in [0.3, 0.4) is 0 Å². The summed E-state index contributed by atoms with van der Waals surface area (Å²) in [6.45, 7) is 7.03. The summed E-state index contributed by atoms with van der Waals surface area (Å²) in [5.41, 5.74) is 3.94. The first-order valence-electron chi connectivity index (χ1n) is 5.33. The van der Waals surface area contributed by atoms with Gasteiger partial charge in [0.25, 0.3) is 0 Å². The van der Waals surface area contributed by atoms with Crippen molar-refractivity contribution in [1.82, 2.24) is 14.5 Å². The van der Waals surface area contributed by atoms with E-state index in [1.165, 1.54) is 0 Å². The molecule has 0 bridgehead atoms. The summed E-state index contributed by atoms with van der Waals surface area (Å²) in [4.78, 5) is 8.69. The van der Waals surface area contributed by atoms with Gasteiger partial charge in [-0.3, -0.25) is 0 Å². The van der Waals surface area contributed by atoms with Gasteiger partial charge in [0.15, 0.2) is 0 Å². The molecule has 2 heterocycles. The molecule has 0 radical (unpaired) electrons. The molecule has 0 aliphatic carbocycles. The van der Waals surface area contributed by atoms with Gasteiger partial charge in [0.05, 0.1) is 23.4 Å². The molecule has 0 aliphatic heterocycles. The van der Waals surface area contributed by atoms with Crippen molar-refractivity contribution in [1.29, 1.82) is 0 Å². The van der Waals surface area contributed by atoms with Gasteiger partial charge in [-0.2, -0.15) is 0 Å². The second-order valence-electron chi connectivity index (χ2n) is 4.04. The summed E-state index contributed by atoms with van der Waals surface area (Å²) < 4.78 is 2.14. The van der Waals surface area contributed by atoms with Gasteiger partial charge in [0, 0.05) is 17.6 Å². The normalized spacial score (nSPS) is 11.0. The van der Waals surface area contributed by atoms with Gasteiger partial charge in [0.1, 0.15) is 0 Å². The molecule has 4 nitrogen and oxygen atoms in total. The molecule has 2 aromatic rings. The third-order valence-corrected chi connectivity index (χ3v) is 2.96. The number of anilines is 1. The average molecular weight is 236 g/mol. The lowest BCUT2D eigenvalue weighted by atomic mass is 10.4. The van der Waals surface area contributed by atoms with Crippen LogP contribution in [0.5, 0.6) is 0 Å². The molecule has 2 rings (SSSR count). The van der Waals surface area contributed by atoms with Gasteiger partial charge < -0.3 is 9.88 Å². The zero-order chi connectivity index (χ0) is 11.5. The standard InChI is InChI=1S/C11H16N4S/c1-8(2)15-5-9(3)14-11(15)12-4-10-6-16-7-13-10/h5-8H,4H2,1-3H3,(H,12,14). The van der Waals surface area contributed by atoms with E-state index < -0.39 is 0 Å². The number of rotatable bonds is 4. The van der Waals surface area contributed by atoms with Gasteiger partial charge in [-0.25, -0.2) is 9.97 Å². The van der Waals surface area contributed by atoms with E-state index in [-0.39, 0.29) is 0 Å². The minimum absolute atomic E-state index is 0.416. The van der Waals surface area contributed by atoms with E-state index in [2.05, 4.69) is 39.9 Å². The van der Waals surface area contributed by atoms with Crippen LogP contribution in [-0.2, 0) is 6.54 Å². The maximum atomic E-state index is 4.46. The lowest BCUT2D eigenvalue weighted by Crippen LogP contribution is -2.08. The van der Waals surface area contributed by atoms with Gasteiger partial charge in [0.2, 0.25) is 5.95 Å². The number of hydrogen-bond acceptors (Lipinski definition) is 4. The molecule has 2 aromatic heterocycles. The molecule has 0 saturated carbocycles. The van der Waals surface area contributed by atoms with E-state index in [4.69, 9.17) is 0 Å². The monoisotopic (exact) mass is 236 g/mol. The highest BCUT2D eigenvalue weighted by atomic mass is 32.1. The minimum atomic E-state index is 0.416. The Hall–Kier alpha value is -1.36. The predicted octanol–water partition coefficient (Wildman–Crippen LogP) is 2.84. The van der Waals surface area contributed by atoms with Crippen LogP contribution in [0.25, 0.3) is 0 Å². The Morgan fingerprint density at radius 2 is 2.31 bits per heavy atom. The fraction of sp³-hybridized carbons (Fsp3) is 0.455. The summed E-state index contributed by atoms with van der Waals surface area (Å²) in [5.74, 6) is 0.917. The Morgan fingerprint density at radius 1 is 1.50 bits per heavy atom. The van der Waals surface area contributed by atoms with Crippen molar-refractivity contribution in [3.63, 3.8) is 0 Å². The molecule has 1 N–H and O–H groups in total. The molecule has 0 spiro atoms. The lowest BCUT2D eigenvalue weighted by Gasteiger charge is -2.11. The molecule has 0 aliphatic rings. The van der Waals surface area contributed by atoms with E-state index in [0.29, 0.717) is 6.04 Å². The molecule has 0 fully saturated rings. The number of imidazole rings is 1. The first-order valence-corrected chi connectivity index (χ1v) is 6.27. The molecule has 0 unspecified atom stereocenters. The number of thiazole rings is 1. The van der Waals surface area contributed by atoms with Crippen molar-refractivity contribution in [2.75, 3.05) is 5.32 Å². The summed E-state index contributed by atoms with van der Waals surface area (Å²) in [7, 11) is 0. The number of nitrogens with one attached hydrogen (secondary N) is 1. The summed E-state index contributed by atoms with van der Waals surface area (Å²) in [6.07, 6.45) is 2.06. The quantitative estimate of drug-likeness (QED) is 0.887. The summed E-state index contributed by atoms with van der Waals surface area (Å²) in [5, 5.41) is 5.36. The third-order valence-electron chi connectivity index (χ3n) is 2.32. The van der Waals surface area contributed by atoms with E-state index in [0.717, 1.165) is 23.9 Å². The highest BCUT2D eigenvalue weighted by molar-refractivity contribution is 7.07. The largest absolute Gasteiger partial charge is 0.350 e. The Bertz CT molecular complexity index is 445. The first-order chi connectivity index (χ1) is 7.66.